The highest BCUT2D eigenvalue weighted by Gasteiger charge is 2.45. The summed E-state index contributed by atoms with van der Waals surface area (Å²) in [6.07, 6.45) is 27.2. The Morgan fingerprint density at radius 1 is 0.559 bits per heavy atom. The number of amides is 7. The van der Waals surface area contributed by atoms with E-state index in [2.05, 4.69) is 26.3 Å². The van der Waals surface area contributed by atoms with E-state index >= 15 is 0 Å². The van der Waals surface area contributed by atoms with Crippen LogP contribution in [0.5, 0.6) is 23.0 Å². The molecule has 602 valence electrons. The molecular formula is C82H108N8O21. The number of ether oxygens (including phenoxy) is 13. The van der Waals surface area contributed by atoms with Crippen molar-refractivity contribution in [3.05, 3.63) is 161 Å². The molecule has 0 saturated carbocycles. The monoisotopic (exact) mass is 1540 g/mol. The highest BCUT2D eigenvalue weighted by Crippen LogP contribution is 2.43. The fraction of sp³-hybridized carbons (Fsp3) is 0.488. The van der Waals surface area contributed by atoms with E-state index in [9.17, 15) is 38.7 Å². The van der Waals surface area contributed by atoms with E-state index in [4.69, 9.17) is 61.6 Å². The van der Waals surface area contributed by atoms with E-state index in [0.29, 0.717) is 159 Å². The molecule has 3 aromatic rings. The van der Waals surface area contributed by atoms with Crippen molar-refractivity contribution in [3.63, 3.8) is 0 Å². The summed E-state index contributed by atoms with van der Waals surface area (Å²) in [5, 5.41) is 23.1. The third-order valence-electron chi connectivity index (χ3n) is 17.9. The number of hydrogen-bond acceptors (Lipinski definition) is 22. The molecular weight excluding hydrogens is 1430 g/mol. The normalized spacial score (nSPS) is 18.8. The fourth-order valence-corrected chi connectivity index (χ4v) is 12.0. The first-order valence-corrected chi connectivity index (χ1v) is 37.7. The molecule has 29 nitrogen and oxygen atoms in total. The van der Waals surface area contributed by atoms with Gasteiger partial charge in [0, 0.05) is 49.4 Å². The van der Waals surface area contributed by atoms with Gasteiger partial charge in [0.1, 0.15) is 18.7 Å². The number of unbranched alkanes of at least 4 members (excludes halogenated alkanes) is 2. The zero-order valence-electron chi connectivity index (χ0n) is 64.7. The van der Waals surface area contributed by atoms with Gasteiger partial charge in [0.15, 0.2) is 29.2 Å². The summed E-state index contributed by atoms with van der Waals surface area (Å²) in [7, 11) is 2.97. The maximum Gasteiger partial charge on any atom is 0.416 e. The molecule has 5 atom stereocenters. The summed E-state index contributed by atoms with van der Waals surface area (Å²) >= 11 is 0. The Morgan fingerprint density at radius 3 is 1.67 bits per heavy atom. The van der Waals surface area contributed by atoms with E-state index in [1.165, 1.54) is 38.2 Å². The lowest BCUT2D eigenvalue weighted by Crippen LogP contribution is -2.53. The second kappa shape index (κ2) is 47.4. The number of aliphatic hydroxyl groups is 1. The number of allylic oxidation sites excluding steroid dienone is 11. The van der Waals surface area contributed by atoms with Gasteiger partial charge in [0.2, 0.25) is 23.6 Å². The molecule has 0 saturated heterocycles. The van der Waals surface area contributed by atoms with Crippen LogP contribution in [0.2, 0.25) is 0 Å². The van der Waals surface area contributed by atoms with Crippen LogP contribution in [0.1, 0.15) is 106 Å². The quantitative estimate of drug-likeness (QED) is 0.0329. The SMILES string of the molecule is COc1cc2c(cc1OCCCCCOc1cc3c(cc1OC)C(=O)N1C=C(C)C[C@H]1[C@H](O)N3C(=O)OCc1ccc(NC(=O)[C@H](C)NC(=O)[C@@H](NC(=O)CCOCCOCCOCCOCCOCCOCCOCCOCCNC(=O)CC3=C/C=C\C=C/C=C\C=C/C=C\3)C(C)C)cc1)N=C[C@@H]1CC(C)=CN1C2=O. The van der Waals surface area contributed by atoms with Crippen LogP contribution in [-0.2, 0) is 68.4 Å². The van der Waals surface area contributed by atoms with Crippen LogP contribution < -0.4 is 45.1 Å². The molecule has 0 spiro atoms. The fourth-order valence-electron chi connectivity index (χ4n) is 12.0. The van der Waals surface area contributed by atoms with Crippen molar-refractivity contribution in [2.45, 2.75) is 117 Å². The third-order valence-corrected chi connectivity index (χ3v) is 17.9. The number of carbonyl (C=O) groups is 7. The van der Waals surface area contributed by atoms with Crippen molar-refractivity contribution < 1.29 is 100 Å². The molecule has 0 unspecified atom stereocenters. The predicted molar refractivity (Wildman–Crippen MR) is 416 cm³/mol. The Kier molecular flexibility index (Phi) is 37.1. The number of hydrogen-bond donors (Lipinski definition) is 5. The van der Waals surface area contributed by atoms with Crippen LogP contribution >= 0.6 is 0 Å². The van der Waals surface area contributed by atoms with Gasteiger partial charge in [-0.3, -0.25) is 33.8 Å². The second-order valence-corrected chi connectivity index (χ2v) is 26.9. The molecule has 5 aliphatic rings. The lowest BCUT2D eigenvalue weighted by Gasteiger charge is -2.31. The number of fused-ring (bicyclic) bond motifs is 4. The Bertz CT molecular complexity index is 3850. The molecule has 4 heterocycles. The largest absolute Gasteiger partial charge is 0.493 e. The van der Waals surface area contributed by atoms with E-state index < -0.39 is 54.1 Å². The third kappa shape index (κ3) is 28.5. The topological polar surface area (TPSA) is 330 Å². The first kappa shape index (κ1) is 86.8. The number of aliphatic hydroxyl groups excluding tert-OH is 1. The van der Waals surface area contributed by atoms with Crippen molar-refractivity contribution in [1.82, 2.24) is 25.8 Å². The molecule has 29 heteroatoms. The Hall–Kier alpha value is -9.82. The molecule has 3 aromatic carbocycles. The minimum Gasteiger partial charge on any atom is -0.493 e. The zero-order chi connectivity index (χ0) is 79.1. The number of rotatable bonds is 47. The van der Waals surface area contributed by atoms with Crippen molar-refractivity contribution >= 4 is 64.8 Å². The maximum atomic E-state index is 14.3. The van der Waals surface area contributed by atoms with Gasteiger partial charge in [0.25, 0.3) is 11.8 Å². The van der Waals surface area contributed by atoms with Crippen molar-refractivity contribution in [1.29, 1.82) is 0 Å². The number of aliphatic imine (C=N–C) groups is 1. The molecule has 111 heavy (non-hydrogen) atoms. The molecule has 1 aliphatic carbocycles. The number of anilines is 2. The predicted octanol–water partition coefficient (Wildman–Crippen LogP) is 9.09. The summed E-state index contributed by atoms with van der Waals surface area (Å²) in [5.74, 6) is -1.10. The van der Waals surface area contributed by atoms with Gasteiger partial charge < -0.3 is 97.8 Å². The second-order valence-electron chi connectivity index (χ2n) is 26.9. The minimum atomic E-state index is -1.52. The van der Waals surface area contributed by atoms with E-state index in [1.807, 2.05) is 86.9 Å². The number of methoxy groups -OCH3 is 2. The van der Waals surface area contributed by atoms with Gasteiger partial charge in [-0.25, -0.2) is 9.69 Å². The molecule has 0 bridgehead atoms. The average Bonchev–Trinajstić information content (AvgIpc) is 1.60. The first-order valence-electron chi connectivity index (χ1n) is 37.7. The van der Waals surface area contributed by atoms with Gasteiger partial charge in [-0.1, -0.05) is 104 Å². The van der Waals surface area contributed by atoms with E-state index in [1.54, 1.807) is 67.6 Å². The number of nitrogens with zero attached hydrogens (tertiary/aromatic N) is 4. The molecule has 0 aromatic heterocycles. The first-order chi connectivity index (χ1) is 53.9. The molecule has 7 amide bonds. The van der Waals surface area contributed by atoms with Crippen molar-refractivity contribution in [2.24, 2.45) is 10.9 Å². The van der Waals surface area contributed by atoms with Crippen LogP contribution in [-0.4, -0.2) is 233 Å². The number of benzene rings is 3. The average molecular weight is 1540 g/mol. The van der Waals surface area contributed by atoms with Gasteiger partial charge in [-0.05, 0) is 94.2 Å². The van der Waals surface area contributed by atoms with Gasteiger partial charge in [0.05, 0.1) is 174 Å². The van der Waals surface area contributed by atoms with Crippen molar-refractivity contribution in [3.8, 4) is 23.0 Å². The Morgan fingerprint density at radius 2 is 1.08 bits per heavy atom. The Labute approximate surface area is 649 Å². The standard InChI is InChI=1S/C82H108N8O21/c1-57(2)76(87-74(91)26-30-101-32-34-103-36-38-105-40-42-107-44-45-108-43-41-106-39-37-104-35-33-102-31-27-83-75(92)48-61-20-16-13-11-9-8-10-12-14-17-21-61)78(94)85-60(5)77(93)86-63-24-22-62(23-25-63)56-111-82(98)90-68-52-73(71(100-7)50-66(68)80(96)89-55-59(4)47-69(89)81(90)97)110-29-19-15-18-28-109-72-51-67-65(49-70(72)99-6)79(95)88-54-58(3)46-64(88)53-84-67/h8-14,16-17,20-25,49-55,57,60,64,69,76,81,97H,15,18-19,26-48,56H2,1-7H3,(H,83,92)(H,85,94)(H,86,93)(H,87,91)/b9-8-,10-8?,11-9?,12-10-,13-11-,14-12?,16-13?,17-14-,20-16-,21-17?,61-20?,61-21+/t60-,64-,69-,76-,81-/m0/s1. The Balaban J connectivity index is 0.639. The highest BCUT2D eigenvalue weighted by atomic mass is 16.6. The molecule has 5 N–H and O–H groups in total. The summed E-state index contributed by atoms with van der Waals surface area (Å²) in [5.41, 5.74) is 4.83. The van der Waals surface area contributed by atoms with Crippen LogP contribution in [0.4, 0.5) is 21.9 Å². The lowest BCUT2D eigenvalue weighted by atomic mass is 10.0. The molecule has 0 fully saturated rings. The summed E-state index contributed by atoms with van der Waals surface area (Å²) < 4.78 is 74.0. The van der Waals surface area contributed by atoms with Crippen LogP contribution in [0.25, 0.3) is 0 Å². The lowest BCUT2D eigenvalue weighted by molar-refractivity contribution is -0.132. The van der Waals surface area contributed by atoms with Crippen LogP contribution in [0, 0.1) is 5.92 Å². The van der Waals surface area contributed by atoms with Crippen LogP contribution in [0.3, 0.4) is 0 Å². The number of nitrogens with one attached hydrogen (secondary N) is 4. The van der Waals surface area contributed by atoms with Gasteiger partial charge >= 0.3 is 6.09 Å². The zero-order valence-corrected chi connectivity index (χ0v) is 64.7. The highest BCUT2D eigenvalue weighted by molar-refractivity contribution is 6.07. The van der Waals surface area contributed by atoms with E-state index in [0.717, 1.165) is 28.0 Å². The maximum absolute atomic E-state index is 14.3. The van der Waals surface area contributed by atoms with E-state index in [-0.39, 0.29) is 92.4 Å². The summed E-state index contributed by atoms with van der Waals surface area (Å²) in [6, 6.07) is 9.97. The van der Waals surface area contributed by atoms with Crippen LogP contribution in [0.15, 0.2) is 149 Å². The molecule has 4 aliphatic heterocycles. The number of carbonyl (C=O) groups excluding carboxylic acids is 7. The minimum absolute atomic E-state index is 0.00809. The summed E-state index contributed by atoms with van der Waals surface area (Å²) in [4.78, 5) is 103. The molecule has 0 radical (unpaired) electrons. The summed E-state index contributed by atoms with van der Waals surface area (Å²) in [6.45, 7) is 15.5. The molecule has 8 rings (SSSR count). The van der Waals surface area contributed by atoms with Gasteiger partial charge in [-0.15, -0.1) is 0 Å². The van der Waals surface area contributed by atoms with Crippen molar-refractivity contribution in [2.75, 3.05) is 150 Å². The smallest absolute Gasteiger partial charge is 0.416 e. The van der Waals surface area contributed by atoms with Gasteiger partial charge in [-0.2, -0.15) is 0 Å².